The molecule has 5 rings (SSSR count). The lowest BCUT2D eigenvalue weighted by Crippen LogP contribution is -2.36. The zero-order valence-electron chi connectivity index (χ0n) is 24.3. The summed E-state index contributed by atoms with van der Waals surface area (Å²) in [7, 11) is -8.28. The monoisotopic (exact) mass is 676 g/mol. The van der Waals surface area contributed by atoms with Gasteiger partial charge in [-0.25, -0.2) is 0 Å². The molecule has 45 heavy (non-hydrogen) atoms. The van der Waals surface area contributed by atoms with E-state index in [9.17, 15) is 25.9 Å². The van der Waals surface area contributed by atoms with Crippen LogP contribution in [0.5, 0.6) is 5.75 Å². The zero-order valence-corrected chi connectivity index (χ0v) is 26.7. The van der Waals surface area contributed by atoms with Crippen LogP contribution in [-0.2, 0) is 26.8 Å². The molecule has 0 atom stereocenters. The molecular weight excluding hydrogens is 644 g/mol. The Morgan fingerprint density at radius 2 is 1.64 bits per heavy atom. The molecule has 1 aliphatic rings. The number of halogens is 1. The number of ether oxygens (including phenoxy) is 1. The Morgan fingerprint density at radius 1 is 0.933 bits per heavy atom. The largest absolute Gasteiger partial charge is 0.870 e. The van der Waals surface area contributed by atoms with E-state index in [2.05, 4.69) is 0 Å². The van der Waals surface area contributed by atoms with E-state index in [0.717, 1.165) is 22.2 Å². The van der Waals surface area contributed by atoms with E-state index in [1.54, 1.807) is 23.1 Å². The first-order valence-electron chi connectivity index (χ1n) is 14.0. The highest BCUT2D eigenvalue weighted by Crippen LogP contribution is 2.41. The molecule has 1 aliphatic heterocycles. The predicted octanol–water partition coefficient (Wildman–Crippen LogP) is 5.95. The third-order valence-electron chi connectivity index (χ3n) is 7.12. The van der Waals surface area contributed by atoms with Crippen molar-refractivity contribution in [2.75, 3.05) is 23.0 Å². The SMILES string of the molecule is CCC(=Cc1oc2ccc(-c3ccccc3)cc2[n+]1CCCS(=O)(=O)O)C=C1Oc2ccc(Cl)cc2N1CCCS(=O)(=O)O.[OH-]. The van der Waals surface area contributed by atoms with Crippen molar-refractivity contribution in [1.29, 1.82) is 0 Å². The number of hydrogen-bond acceptors (Lipinski definition) is 8. The van der Waals surface area contributed by atoms with Crippen molar-refractivity contribution >= 4 is 54.7 Å². The molecule has 11 nitrogen and oxygen atoms in total. The summed E-state index contributed by atoms with van der Waals surface area (Å²) in [6.07, 6.45) is 4.56. The fraction of sp³-hybridized carbons (Fsp3) is 0.258. The van der Waals surface area contributed by atoms with Gasteiger partial charge in [-0.05, 0) is 53.8 Å². The number of rotatable bonds is 12. The molecule has 3 N–H and O–H groups in total. The predicted molar refractivity (Wildman–Crippen MR) is 172 cm³/mol. The second-order valence-electron chi connectivity index (χ2n) is 10.3. The second kappa shape index (κ2) is 14.1. The Hall–Kier alpha value is -3.72. The summed E-state index contributed by atoms with van der Waals surface area (Å²) in [5.41, 5.74) is 4.84. The van der Waals surface area contributed by atoms with Gasteiger partial charge >= 0.3 is 5.89 Å². The lowest BCUT2D eigenvalue weighted by Gasteiger charge is -2.18. The van der Waals surface area contributed by atoms with Gasteiger partial charge in [0.05, 0.1) is 23.3 Å². The van der Waals surface area contributed by atoms with Gasteiger partial charge in [-0.1, -0.05) is 54.9 Å². The normalized spacial score (nSPS) is 14.4. The van der Waals surface area contributed by atoms with Crippen LogP contribution < -0.4 is 14.2 Å². The molecule has 1 aromatic heterocycles. The average molecular weight is 677 g/mol. The number of aryl methyl sites for hydroxylation is 1. The van der Waals surface area contributed by atoms with Crippen LogP contribution in [0.3, 0.4) is 0 Å². The molecule has 0 aliphatic carbocycles. The minimum Gasteiger partial charge on any atom is -0.870 e. The topological polar surface area (TPSA) is 168 Å². The summed E-state index contributed by atoms with van der Waals surface area (Å²) >= 11 is 6.24. The average Bonchev–Trinajstić information content (AvgIpc) is 3.48. The van der Waals surface area contributed by atoms with Crippen molar-refractivity contribution in [1.82, 2.24) is 0 Å². The first-order chi connectivity index (χ1) is 20.9. The molecule has 0 saturated heterocycles. The minimum atomic E-state index is -4.14. The molecular formula is C31H33ClN2O9S2. The van der Waals surface area contributed by atoms with Crippen LogP contribution in [0.15, 0.2) is 88.7 Å². The number of aromatic nitrogens is 1. The molecule has 0 unspecified atom stereocenters. The molecule has 0 radical (unpaired) electrons. The highest BCUT2D eigenvalue weighted by atomic mass is 35.5. The Morgan fingerprint density at radius 3 is 2.33 bits per heavy atom. The first kappa shape index (κ1) is 34.2. The van der Waals surface area contributed by atoms with E-state index in [1.807, 2.05) is 72.2 Å². The van der Waals surface area contributed by atoms with Gasteiger partial charge in [-0.15, -0.1) is 0 Å². The van der Waals surface area contributed by atoms with Crippen LogP contribution in [0.4, 0.5) is 5.69 Å². The molecule has 0 amide bonds. The second-order valence-corrected chi connectivity index (χ2v) is 13.9. The van der Waals surface area contributed by atoms with Gasteiger partial charge in [0.25, 0.3) is 25.8 Å². The van der Waals surface area contributed by atoms with Crippen molar-refractivity contribution < 1.29 is 45.1 Å². The number of oxazole rings is 1. The molecule has 0 bridgehead atoms. The Balaban J connectivity index is 0.00000461. The summed E-state index contributed by atoms with van der Waals surface area (Å²) < 4.78 is 78.5. The van der Waals surface area contributed by atoms with Crippen LogP contribution >= 0.6 is 11.6 Å². The van der Waals surface area contributed by atoms with Gasteiger partial charge < -0.3 is 19.5 Å². The van der Waals surface area contributed by atoms with Crippen molar-refractivity contribution in [3.05, 3.63) is 95.2 Å². The fourth-order valence-corrected chi connectivity index (χ4v) is 6.19. The Bertz CT molecular complexity index is 1960. The first-order valence-corrected chi connectivity index (χ1v) is 17.6. The van der Waals surface area contributed by atoms with Crippen molar-refractivity contribution in [3.63, 3.8) is 0 Å². The number of hydrogen-bond donors (Lipinski definition) is 2. The van der Waals surface area contributed by atoms with Gasteiger partial charge in [-0.2, -0.15) is 21.4 Å². The van der Waals surface area contributed by atoms with Crippen molar-refractivity contribution in [2.45, 2.75) is 32.7 Å². The minimum absolute atomic E-state index is 0. The maximum atomic E-state index is 11.5. The summed E-state index contributed by atoms with van der Waals surface area (Å²) in [6.45, 7) is 2.48. The number of allylic oxidation sites excluding steroid dienone is 2. The molecule has 0 fully saturated rings. The maximum absolute atomic E-state index is 11.5. The van der Waals surface area contributed by atoms with E-state index < -0.39 is 31.7 Å². The van der Waals surface area contributed by atoms with E-state index in [4.69, 9.17) is 20.8 Å². The number of fused-ring (bicyclic) bond motifs is 2. The summed E-state index contributed by atoms with van der Waals surface area (Å²) in [5.74, 6) is 0.681. The van der Waals surface area contributed by atoms with Gasteiger partial charge in [0.1, 0.15) is 0 Å². The van der Waals surface area contributed by atoms with Gasteiger partial charge in [-0.3, -0.25) is 9.11 Å². The van der Waals surface area contributed by atoms with E-state index in [0.29, 0.717) is 40.2 Å². The van der Waals surface area contributed by atoms with Crippen molar-refractivity contribution in [2.24, 2.45) is 0 Å². The number of nitrogens with zero attached hydrogens (tertiary/aromatic N) is 2. The molecule has 2 heterocycles. The lowest BCUT2D eigenvalue weighted by molar-refractivity contribution is -0.677. The Labute approximate surface area is 266 Å². The third-order valence-corrected chi connectivity index (χ3v) is 8.97. The van der Waals surface area contributed by atoms with Crippen LogP contribution in [0.1, 0.15) is 32.1 Å². The molecule has 0 spiro atoms. The highest BCUT2D eigenvalue weighted by molar-refractivity contribution is 7.86. The molecule has 14 heteroatoms. The number of benzene rings is 3. The third kappa shape index (κ3) is 8.72. The molecule has 240 valence electrons. The standard InChI is InChI=1S/C31H31ClN2O8S2.H2O/c1-2-22(19-31-34(15-7-17-44(38,39)40)27-21-25(32)11-13-29(27)42-31)18-30-33(14-6-16-43(35,36)37)26-20-24(10-12-28(26)41-30)23-8-4-3-5-9-23;/h3-5,8-13,18-21H,2,6-7,14-17H2,1H3,(H-,35,36,37,38,39,40);1H2. The van der Waals surface area contributed by atoms with Gasteiger partial charge in [0.15, 0.2) is 12.3 Å². The van der Waals surface area contributed by atoms with E-state index in [-0.39, 0.29) is 31.4 Å². The molecule has 4 aromatic rings. The summed E-state index contributed by atoms with van der Waals surface area (Å²) in [4.78, 5) is 1.81. The van der Waals surface area contributed by atoms with Gasteiger partial charge in [0.2, 0.25) is 11.5 Å². The fourth-order valence-electron chi connectivity index (χ4n) is 5.03. The summed E-state index contributed by atoms with van der Waals surface area (Å²) in [6, 6.07) is 20.8. The van der Waals surface area contributed by atoms with Crippen LogP contribution in [0, 0.1) is 0 Å². The van der Waals surface area contributed by atoms with E-state index in [1.165, 1.54) is 0 Å². The smallest absolute Gasteiger partial charge is 0.374 e. The molecule has 3 aromatic carbocycles. The van der Waals surface area contributed by atoms with Crippen LogP contribution in [-0.4, -0.2) is 49.5 Å². The van der Waals surface area contributed by atoms with Crippen LogP contribution in [0.2, 0.25) is 5.02 Å². The lowest BCUT2D eigenvalue weighted by atomic mass is 10.1. The molecule has 0 saturated carbocycles. The van der Waals surface area contributed by atoms with E-state index >= 15 is 0 Å². The van der Waals surface area contributed by atoms with Crippen LogP contribution in [0.25, 0.3) is 28.3 Å². The van der Waals surface area contributed by atoms with Gasteiger partial charge in [0, 0.05) is 30.1 Å². The Kier molecular flexibility index (Phi) is 10.7. The summed E-state index contributed by atoms with van der Waals surface area (Å²) in [5, 5.41) is 0.489. The van der Waals surface area contributed by atoms with Crippen molar-refractivity contribution in [3.8, 4) is 16.9 Å². The quantitative estimate of drug-likeness (QED) is 0.135. The highest BCUT2D eigenvalue weighted by Gasteiger charge is 2.28. The maximum Gasteiger partial charge on any atom is 0.374 e. The zero-order chi connectivity index (χ0) is 31.5. The number of anilines is 1.